The zero-order chi connectivity index (χ0) is 18.5. The van der Waals surface area contributed by atoms with Crippen molar-refractivity contribution >= 4 is 11.8 Å². The Morgan fingerprint density at radius 3 is 2.69 bits per heavy atom. The highest BCUT2D eigenvalue weighted by Gasteiger charge is 2.19. The maximum Gasteiger partial charge on any atom is 0.253 e. The highest BCUT2D eigenvalue weighted by atomic mass is 16.2. The number of likely N-dealkylation sites (tertiary alicyclic amines) is 1. The maximum absolute atomic E-state index is 12.4. The third-order valence-electron chi connectivity index (χ3n) is 4.54. The minimum absolute atomic E-state index is 0.0424. The monoisotopic (exact) mass is 354 g/mol. The molecule has 7 heteroatoms. The molecule has 1 aliphatic heterocycles. The van der Waals surface area contributed by atoms with Gasteiger partial charge in [-0.3, -0.25) is 19.4 Å². The molecule has 1 saturated heterocycles. The van der Waals surface area contributed by atoms with Gasteiger partial charge in [-0.25, -0.2) is 0 Å². The van der Waals surface area contributed by atoms with Gasteiger partial charge in [-0.2, -0.15) is 0 Å². The van der Waals surface area contributed by atoms with E-state index in [2.05, 4.69) is 10.3 Å². The van der Waals surface area contributed by atoms with Gasteiger partial charge >= 0.3 is 0 Å². The molecule has 7 nitrogen and oxygen atoms in total. The Kier molecular flexibility index (Phi) is 5.46. The van der Waals surface area contributed by atoms with Gasteiger partial charge in [0.05, 0.1) is 17.8 Å². The number of hydrogen-bond donors (Lipinski definition) is 1. The highest BCUT2D eigenvalue weighted by molar-refractivity contribution is 5.93. The smallest absolute Gasteiger partial charge is 0.253 e. The summed E-state index contributed by atoms with van der Waals surface area (Å²) < 4.78 is 1.29. The number of aromatic nitrogens is 2. The maximum atomic E-state index is 12.4. The van der Waals surface area contributed by atoms with Crippen LogP contribution in [0, 0.1) is 6.92 Å². The summed E-state index contributed by atoms with van der Waals surface area (Å²) in [7, 11) is 0. The van der Waals surface area contributed by atoms with Crippen molar-refractivity contribution in [3.05, 3.63) is 63.8 Å². The van der Waals surface area contributed by atoms with Gasteiger partial charge in [0.25, 0.3) is 11.5 Å². The van der Waals surface area contributed by atoms with Crippen LogP contribution >= 0.6 is 0 Å². The van der Waals surface area contributed by atoms with Crippen molar-refractivity contribution < 1.29 is 9.59 Å². The van der Waals surface area contributed by atoms with E-state index >= 15 is 0 Å². The van der Waals surface area contributed by atoms with Crippen LogP contribution in [0.1, 0.15) is 34.5 Å². The Hall–Kier alpha value is -2.96. The van der Waals surface area contributed by atoms with Crippen LogP contribution in [0.3, 0.4) is 0 Å². The second kappa shape index (κ2) is 7.95. The molecule has 0 unspecified atom stereocenters. The molecule has 0 spiro atoms. The van der Waals surface area contributed by atoms with Crippen LogP contribution in [-0.2, 0) is 17.9 Å². The quantitative estimate of drug-likeness (QED) is 0.872. The molecule has 1 N–H and O–H groups in total. The van der Waals surface area contributed by atoms with Crippen LogP contribution in [0.4, 0.5) is 0 Å². The lowest BCUT2D eigenvalue weighted by atomic mass is 10.2. The Morgan fingerprint density at radius 1 is 1.19 bits per heavy atom. The van der Waals surface area contributed by atoms with Crippen molar-refractivity contribution in [1.29, 1.82) is 0 Å². The summed E-state index contributed by atoms with van der Waals surface area (Å²) in [6.07, 6.45) is 5.11. The first-order chi connectivity index (χ1) is 12.5. The van der Waals surface area contributed by atoms with Gasteiger partial charge in [0, 0.05) is 31.5 Å². The molecular formula is C19H22N4O3. The van der Waals surface area contributed by atoms with E-state index in [1.54, 1.807) is 11.1 Å². The minimum Gasteiger partial charge on any atom is -0.346 e. The molecule has 0 bridgehead atoms. The van der Waals surface area contributed by atoms with E-state index in [-0.39, 0.29) is 23.9 Å². The van der Waals surface area contributed by atoms with E-state index < -0.39 is 0 Å². The third-order valence-corrected chi connectivity index (χ3v) is 4.54. The number of hydrogen-bond acceptors (Lipinski definition) is 4. The van der Waals surface area contributed by atoms with Crippen molar-refractivity contribution in [2.75, 3.05) is 13.1 Å². The molecule has 2 aromatic rings. The Labute approximate surface area is 151 Å². The number of rotatable bonds is 5. The van der Waals surface area contributed by atoms with Crippen LogP contribution in [0.15, 0.2) is 41.5 Å². The van der Waals surface area contributed by atoms with E-state index in [1.807, 2.05) is 19.1 Å². The van der Waals surface area contributed by atoms with Crippen LogP contribution in [0.2, 0.25) is 0 Å². The molecule has 0 atom stereocenters. The lowest BCUT2D eigenvalue weighted by Gasteiger charge is -2.16. The first kappa shape index (κ1) is 17.8. The van der Waals surface area contributed by atoms with Crippen LogP contribution in [-0.4, -0.2) is 39.4 Å². The summed E-state index contributed by atoms with van der Waals surface area (Å²) in [4.78, 5) is 42.6. The van der Waals surface area contributed by atoms with Crippen molar-refractivity contribution in [2.45, 2.75) is 32.9 Å². The molecule has 2 aromatic heterocycles. The van der Waals surface area contributed by atoms with Crippen LogP contribution in [0.5, 0.6) is 0 Å². The number of carbonyl (C=O) groups is 2. The van der Waals surface area contributed by atoms with Crippen molar-refractivity contribution in [1.82, 2.24) is 19.8 Å². The zero-order valence-electron chi connectivity index (χ0n) is 14.8. The molecule has 26 heavy (non-hydrogen) atoms. The van der Waals surface area contributed by atoms with E-state index in [4.69, 9.17) is 0 Å². The fraction of sp³-hybridized carbons (Fsp3) is 0.368. The topological polar surface area (TPSA) is 84.3 Å². The molecule has 1 fully saturated rings. The predicted octanol–water partition coefficient (Wildman–Crippen LogP) is 1.10. The predicted molar refractivity (Wildman–Crippen MR) is 96.7 cm³/mol. The van der Waals surface area contributed by atoms with Gasteiger partial charge in [0.2, 0.25) is 5.91 Å². The Bertz CT molecular complexity index is 869. The zero-order valence-corrected chi connectivity index (χ0v) is 14.8. The van der Waals surface area contributed by atoms with E-state index in [9.17, 15) is 14.4 Å². The summed E-state index contributed by atoms with van der Waals surface area (Å²) in [5, 5.41) is 2.80. The van der Waals surface area contributed by atoms with Crippen molar-refractivity contribution in [3.8, 4) is 0 Å². The Balaban J connectivity index is 1.68. The minimum atomic E-state index is -0.308. The summed E-state index contributed by atoms with van der Waals surface area (Å²) in [6, 6.07) is 6.56. The largest absolute Gasteiger partial charge is 0.346 e. The summed E-state index contributed by atoms with van der Waals surface area (Å²) >= 11 is 0. The molecule has 0 saturated carbocycles. The summed E-state index contributed by atoms with van der Waals surface area (Å²) in [6.45, 7) is 3.66. The van der Waals surface area contributed by atoms with E-state index in [1.165, 1.54) is 22.9 Å². The molecule has 0 radical (unpaired) electrons. The lowest BCUT2D eigenvalue weighted by molar-refractivity contribution is -0.130. The standard InChI is InChI=1S/C19H22N4O3/c1-14-5-4-8-20-16(14)11-21-19(26)15-6-7-17(24)23(12-15)13-18(25)22-9-2-3-10-22/h4-8,12H,2-3,9-11,13H2,1H3,(H,21,26). The van der Waals surface area contributed by atoms with Gasteiger partial charge in [-0.1, -0.05) is 6.07 Å². The number of pyridine rings is 2. The molecule has 0 aromatic carbocycles. The molecule has 3 rings (SSSR count). The van der Waals surface area contributed by atoms with Gasteiger partial charge in [0.1, 0.15) is 6.54 Å². The first-order valence-electron chi connectivity index (χ1n) is 8.71. The second-order valence-corrected chi connectivity index (χ2v) is 6.42. The number of carbonyl (C=O) groups excluding carboxylic acids is 2. The first-order valence-corrected chi connectivity index (χ1v) is 8.71. The number of nitrogens with one attached hydrogen (secondary N) is 1. The summed E-state index contributed by atoms with van der Waals surface area (Å²) in [5.74, 6) is -0.399. The number of amides is 2. The SMILES string of the molecule is Cc1cccnc1CNC(=O)c1ccc(=O)n(CC(=O)N2CCCC2)c1. The van der Waals surface area contributed by atoms with Crippen LogP contribution in [0.25, 0.3) is 0 Å². The average molecular weight is 354 g/mol. The van der Waals surface area contributed by atoms with Gasteiger partial charge < -0.3 is 14.8 Å². The van der Waals surface area contributed by atoms with E-state index in [0.717, 1.165) is 37.2 Å². The van der Waals surface area contributed by atoms with Crippen molar-refractivity contribution in [3.63, 3.8) is 0 Å². The molecule has 3 heterocycles. The fourth-order valence-electron chi connectivity index (χ4n) is 2.97. The Morgan fingerprint density at radius 2 is 1.96 bits per heavy atom. The van der Waals surface area contributed by atoms with E-state index in [0.29, 0.717) is 12.1 Å². The van der Waals surface area contributed by atoms with Crippen molar-refractivity contribution in [2.24, 2.45) is 0 Å². The molecule has 2 amide bonds. The lowest BCUT2D eigenvalue weighted by Crippen LogP contribution is -2.35. The second-order valence-electron chi connectivity index (χ2n) is 6.42. The average Bonchev–Trinajstić information content (AvgIpc) is 3.17. The van der Waals surface area contributed by atoms with Gasteiger partial charge in [-0.15, -0.1) is 0 Å². The number of nitrogens with zero attached hydrogens (tertiary/aromatic N) is 3. The summed E-state index contributed by atoms with van der Waals surface area (Å²) in [5.41, 5.74) is 1.83. The van der Waals surface area contributed by atoms with Crippen LogP contribution < -0.4 is 10.9 Å². The van der Waals surface area contributed by atoms with Gasteiger partial charge in [0.15, 0.2) is 0 Å². The molecular weight excluding hydrogens is 332 g/mol. The molecule has 136 valence electrons. The van der Waals surface area contributed by atoms with Gasteiger partial charge in [-0.05, 0) is 37.5 Å². The normalized spacial score (nSPS) is 13.7. The fourth-order valence-corrected chi connectivity index (χ4v) is 2.97. The number of aryl methyl sites for hydroxylation is 1. The third kappa shape index (κ3) is 4.17. The molecule has 0 aliphatic carbocycles. The molecule has 1 aliphatic rings. The highest BCUT2D eigenvalue weighted by Crippen LogP contribution is 2.08.